The van der Waals surface area contributed by atoms with Crippen LogP contribution < -0.4 is 15.4 Å². The van der Waals surface area contributed by atoms with E-state index in [2.05, 4.69) is 20.6 Å². The molecule has 2 N–H and O–H groups in total. The van der Waals surface area contributed by atoms with Crippen molar-refractivity contribution in [3.05, 3.63) is 73.1 Å². The van der Waals surface area contributed by atoms with Crippen LogP contribution in [-0.4, -0.2) is 16.0 Å². The number of urea groups is 1. The van der Waals surface area contributed by atoms with E-state index >= 15 is 0 Å². The van der Waals surface area contributed by atoms with Crippen LogP contribution in [0.5, 0.6) is 11.5 Å². The number of ether oxygens (including phenoxy) is 1. The van der Waals surface area contributed by atoms with E-state index in [9.17, 15) is 4.79 Å². The van der Waals surface area contributed by atoms with E-state index < -0.39 is 6.03 Å². The van der Waals surface area contributed by atoms with Crippen LogP contribution in [0.15, 0.2) is 73.1 Å². The molecule has 6 nitrogen and oxygen atoms in total. The van der Waals surface area contributed by atoms with Gasteiger partial charge in [-0.3, -0.25) is 5.32 Å². The number of carbonyl (C=O) groups excluding carboxylic acids is 1. The summed E-state index contributed by atoms with van der Waals surface area (Å²) in [5.41, 5.74) is 0.638. The van der Waals surface area contributed by atoms with Gasteiger partial charge in [0.1, 0.15) is 11.5 Å². The summed E-state index contributed by atoms with van der Waals surface area (Å²) in [5.74, 6) is 1.69. The van der Waals surface area contributed by atoms with Gasteiger partial charge in [0.25, 0.3) is 0 Å². The molecule has 3 aromatic rings. The summed E-state index contributed by atoms with van der Waals surface area (Å²) in [6.07, 6.45) is 3.11. The third-order valence-corrected chi connectivity index (χ3v) is 2.88. The van der Waals surface area contributed by atoms with Gasteiger partial charge in [-0.05, 0) is 42.5 Å². The van der Waals surface area contributed by atoms with Gasteiger partial charge >= 0.3 is 6.03 Å². The third-order valence-electron chi connectivity index (χ3n) is 2.88. The maximum Gasteiger partial charge on any atom is 0.326 e. The predicted molar refractivity (Wildman–Crippen MR) is 87.6 cm³/mol. The Morgan fingerprint density at radius 2 is 1.43 bits per heavy atom. The van der Waals surface area contributed by atoms with Crippen LogP contribution >= 0.6 is 0 Å². The van der Waals surface area contributed by atoms with Crippen molar-refractivity contribution >= 4 is 17.7 Å². The second kappa shape index (κ2) is 7.04. The van der Waals surface area contributed by atoms with Crippen LogP contribution in [0.4, 0.5) is 16.4 Å². The molecule has 0 radical (unpaired) electrons. The summed E-state index contributed by atoms with van der Waals surface area (Å²) in [6, 6.07) is 17.8. The summed E-state index contributed by atoms with van der Waals surface area (Å²) < 4.78 is 5.69. The predicted octanol–water partition coefficient (Wildman–Crippen LogP) is 3.91. The Morgan fingerprint density at radius 3 is 2.13 bits per heavy atom. The molecule has 0 saturated carbocycles. The average Bonchev–Trinajstić information content (AvgIpc) is 2.58. The number of amides is 2. The molecule has 0 aliphatic heterocycles. The van der Waals surface area contributed by atoms with E-state index in [1.165, 1.54) is 0 Å². The molecule has 2 aromatic carbocycles. The Hall–Kier alpha value is -3.41. The lowest BCUT2D eigenvalue weighted by atomic mass is 10.3. The van der Waals surface area contributed by atoms with Crippen LogP contribution in [0.3, 0.4) is 0 Å². The summed E-state index contributed by atoms with van der Waals surface area (Å²) >= 11 is 0. The van der Waals surface area contributed by atoms with Gasteiger partial charge in [-0.1, -0.05) is 18.2 Å². The number of anilines is 2. The average molecular weight is 306 g/mol. The smallest absolute Gasteiger partial charge is 0.326 e. The highest BCUT2D eigenvalue weighted by molar-refractivity contribution is 5.98. The van der Waals surface area contributed by atoms with Crippen molar-refractivity contribution in [2.24, 2.45) is 0 Å². The first-order valence-electron chi connectivity index (χ1n) is 6.97. The zero-order valence-electron chi connectivity index (χ0n) is 12.1. The van der Waals surface area contributed by atoms with Gasteiger partial charge in [0.15, 0.2) is 0 Å². The SMILES string of the molecule is O=C(Nc1ccc(Oc2ccccc2)cc1)Nc1ncccn1. The number of rotatable bonds is 4. The van der Waals surface area contributed by atoms with Crippen LogP contribution in [0.2, 0.25) is 0 Å². The standard InChI is InChI=1S/C17H14N4O2/c22-17(21-16-18-11-4-12-19-16)20-13-7-9-15(10-8-13)23-14-5-2-1-3-6-14/h1-12H,(H2,18,19,20,21,22). The van der Waals surface area contributed by atoms with E-state index in [4.69, 9.17) is 4.74 Å². The van der Waals surface area contributed by atoms with Crippen LogP contribution in [0.1, 0.15) is 0 Å². The minimum Gasteiger partial charge on any atom is -0.457 e. The molecule has 1 heterocycles. The molecule has 0 aliphatic rings. The first-order chi connectivity index (χ1) is 11.3. The van der Waals surface area contributed by atoms with Gasteiger partial charge in [0, 0.05) is 18.1 Å². The van der Waals surface area contributed by atoms with Crippen LogP contribution in [-0.2, 0) is 0 Å². The molecule has 114 valence electrons. The molecule has 0 atom stereocenters. The summed E-state index contributed by atoms with van der Waals surface area (Å²) in [6.45, 7) is 0. The Bertz CT molecular complexity index is 762. The van der Waals surface area contributed by atoms with Gasteiger partial charge in [-0.15, -0.1) is 0 Å². The molecule has 0 bridgehead atoms. The van der Waals surface area contributed by atoms with Crippen LogP contribution in [0.25, 0.3) is 0 Å². The molecule has 3 rings (SSSR count). The van der Waals surface area contributed by atoms with E-state index in [1.54, 1.807) is 42.7 Å². The molecular weight excluding hydrogens is 292 g/mol. The highest BCUT2D eigenvalue weighted by Crippen LogP contribution is 2.22. The lowest BCUT2D eigenvalue weighted by Crippen LogP contribution is -2.20. The monoisotopic (exact) mass is 306 g/mol. The van der Waals surface area contributed by atoms with Gasteiger partial charge in [-0.25, -0.2) is 14.8 Å². The number of carbonyl (C=O) groups is 1. The second-order valence-electron chi connectivity index (χ2n) is 4.59. The highest BCUT2D eigenvalue weighted by Gasteiger charge is 2.04. The number of hydrogen-bond acceptors (Lipinski definition) is 4. The Kier molecular flexibility index (Phi) is 4.44. The van der Waals surface area contributed by atoms with E-state index in [0.717, 1.165) is 5.75 Å². The first kappa shape index (κ1) is 14.5. The number of benzene rings is 2. The lowest BCUT2D eigenvalue weighted by molar-refractivity contribution is 0.262. The van der Waals surface area contributed by atoms with Crippen LogP contribution in [0, 0.1) is 0 Å². The second-order valence-corrected chi connectivity index (χ2v) is 4.59. The molecule has 2 amide bonds. The van der Waals surface area contributed by atoms with Crippen molar-refractivity contribution < 1.29 is 9.53 Å². The molecule has 6 heteroatoms. The number of nitrogens with one attached hydrogen (secondary N) is 2. The number of para-hydroxylation sites is 1. The summed E-state index contributed by atoms with van der Waals surface area (Å²) in [4.78, 5) is 19.7. The fraction of sp³-hybridized carbons (Fsp3) is 0. The van der Waals surface area contributed by atoms with Crippen molar-refractivity contribution in [1.29, 1.82) is 0 Å². The minimum absolute atomic E-state index is 0.244. The Labute approximate surface area is 133 Å². The maximum absolute atomic E-state index is 11.8. The number of aromatic nitrogens is 2. The van der Waals surface area contributed by atoms with Gasteiger partial charge in [-0.2, -0.15) is 0 Å². The van der Waals surface area contributed by atoms with Crippen molar-refractivity contribution in [2.75, 3.05) is 10.6 Å². The molecule has 1 aromatic heterocycles. The molecule has 23 heavy (non-hydrogen) atoms. The molecular formula is C17H14N4O2. The first-order valence-corrected chi connectivity index (χ1v) is 6.97. The van der Waals surface area contributed by atoms with Crippen molar-refractivity contribution in [1.82, 2.24) is 9.97 Å². The van der Waals surface area contributed by atoms with E-state index in [0.29, 0.717) is 11.4 Å². The molecule has 0 saturated heterocycles. The van der Waals surface area contributed by atoms with Crippen molar-refractivity contribution in [2.45, 2.75) is 0 Å². The zero-order chi connectivity index (χ0) is 15.9. The molecule has 0 unspecified atom stereocenters. The lowest BCUT2D eigenvalue weighted by Gasteiger charge is -2.08. The zero-order valence-corrected chi connectivity index (χ0v) is 12.1. The normalized spacial score (nSPS) is 9.91. The number of nitrogens with zero attached hydrogens (tertiary/aromatic N) is 2. The third kappa shape index (κ3) is 4.28. The minimum atomic E-state index is -0.409. The van der Waals surface area contributed by atoms with Gasteiger partial charge in [0.05, 0.1) is 0 Å². The fourth-order valence-electron chi connectivity index (χ4n) is 1.86. The Morgan fingerprint density at radius 1 is 0.783 bits per heavy atom. The van der Waals surface area contributed by atoms with Crippen molar-refractivity contribution in [3.63, 3.8) is 0 Å². The molecule has 0 fully saturated rings. The van der Waals surface area contributed by atoms with Gasteiger partial charge in [0.2, 0.25) is 5.95 Å². The summed E-state index contributed by atoms with van der Waals surface area (Å²) in [5, 5.41) is 5.24. The fourth-order valence-corrected chi connectivity index (χ4v) is 1.86. The quantitative estimate of drug-likeness (QED) is 0.766. The largest absolute Gasteiger partial charge is 0.457 e. The van der Waals surface area contributed by atoms with E-state index in [1.807, 2.05) is 30.3 Å². The highest BCUT2D eigenvalue weighted by atomic mass is 16.5. The van der Waals surface area contributed by atoms with Crippen molar-refractivity contribution in [3.8, 4) is 11.5 Å². The Balaban J connectivity index is 1.58. The van der Waals surface area contributed by atoms with Gasteiger partial charge < -0.3 is 10.1 Å². The molecule has 0 spiro atoms. The maximum atomic E-state index is 11.8. The molecule has 0 aliphatic carbocycles. The van der Waals surface area contributed by atoms with E-state index in [-0.39, 0.29) is 5.95 Å². The number of hydrogen-bond donors (Lipinski definition) is 2. The summed E-state index contributed by atoms with van der Waals surface area (Å²) in [7, 11) is 0. The topological polar surface area (TPSA) is 76.1 Å².